The highest BCUT2D eigenvalue weighted by Crippen LogP contribution is 2.58. The van der Waals surface area contributed by atoms with Crippen molar-refractivity contribution in [1.29, 1.82) is 0 Å². The average Bonchev–Trinajstić information content (AvgIpc) is 3.52. The van der Waals surface area contributed by atoms with E-state index in [1.807, 2.05) is 54.6 Å². The van der Waals surface area contributed by atoms with Gasteiger partial charge in [-0.2, -0.15) is 0 Å². The van der Waals surface area contributed by atoms with Crippen molar-refractivity contribution in [2.45, 2.75) is 31.5 Å². The monoisotopic (exact) mass is 515 g/mol. The van der Waals surface area contributed by atoms with Crippen molar-refractivity contribution in [3.63, 3.8) is 0 Å². The molecule has 192 valence electrons. The zero-order chi connectivity index (χ0) is 27.1. The lowest BCUT2D eigenvalue weighted by Gasteiger charge is -2.27. The Morgan fingerprint density at radius 1 is 0.718 bits per heavy atom. The molecule has 0 saturated carbocycles. The van der Waals surface area contributed by atoms with Crippen LogP contribution in [0.1, 0.15) is 57.7 Å². The van der Waals surface area contributed by atoms with Crippen molar-refractivity contribution in [3.8, 4) is 0 Å². The van der Waals surface area contributed by atoms with E-state index in [1.165, 1.54) is 4.90 Å². The van der Waals surface area contributed by atoms with E-state index in [4.69, 9.17) is 4.74 Å². The Morgan fingerprint density at radius 2 is 1.33 bits per heavy atom. The van der Waals surface area contributed by atoms with Gasteiger partial charge in [-0.3, -0.25) is 19.2 Å². The zero-order valence-corrected chi connectivity index (χ0v) is 21.5. The van der Waals surface area contributed by atoms with E-state index >= 15 is 0 Å². The number of fused-ring (bicyclic) bond motifs is 4. The summed E-state index contributed by atoms with van der Waals surface area (Å²) in [4.78, 5) is 57.6. The van der Waals surface area contributed by atoms with Gasteiger partial charge in [0, 0.05) is 16.5 Å². The molecule has 6 nitrogen and oxygen atoms in total. The molecule has 6 heteroatoms. The summed E-state index contributed by atoms with van der Waals surface area (Å²) < 4.78 is 6.42. The molecule has 2 saturated heterocycles. The third kappa shape index (κ3) is 3.06. The average molecular weight is 516 g/mol. The van der Waals surface area contributed by atoms with E-state index in [0.29, 0.717) is 17.2 Å². The van der Waals surface area contributed by atoms with Gasteiger partial charge in [-0.05, 0) is 28.5 Å². The number of hydrogen-bond acceptors (Lipinski definition) is 5. The Hall–Kier alpha value is -4.42. The molecule has 0 unspecified atom stereocenters. The first-order chi connectivity index (χ1) is 18.8. The predicted molar refractivity (Wildman–Crippen MR) is 146 cm³/mol. The molecule has 0 bridgehead atoms. The Kier molecular flexibility index (Phi) is 5.03. The minimum atomic E-state index is -2.08. The number of carbonyl (C=O) groups excluding carboxylic acids is 4. The highest BCUT2D eigenvalue weighted by molar-refractivity contribution is 6.37. The molecule has 7 rings (SSSR count). The van der Waals surface area contributed by atoms with E-state index in [2.05, 4.69) is 13.8 Å². The number of hydrogen-bond donors (Lipinski definition) is 0. The number of Topliss-reactive ketones (excluding diaryl/α,β-unsaturated/α-hetero) is 2. The summed E-state index contributed by atoms with van der Waals surface area (Å²) in [6, 6.07) is 27.1. The molecule has 0 radical (unpaired) electrons. The number of nitrogens with zero attached hydrogens (tertiary/aromatic N) is 1. The topological polar surface area (TPSA) is 80.8 Å². The molecule has 2 amide bonds. The maximum atomic E-state index is 14.3. The first kappa shape index (κ1) is 23.7. The van der Waals surface area contributed by atoms with Crippen LogP contribution in [0, 0.1) is 11.8 Å². The fraction of sp³-hybridized carbons (Fsp3) is 0.212. The van der Waals surface area contributed by atoms with Crippen LogP contribution in [-0.2, 0) is 14.3 Å². The van der Waals surface area contributed by atoms with Gasteiger partial charge in [0.05, 0.1) is 23.6 Å². The first-order valence-electron chi connectivity index (χ1n) is 13.2. The standard InChI is InChI=1S/C33H25NO5/c1-18(2)19-14-16-21(17-15-19)28-26-27(33(39-28)29(35)23-11-5-6-12-24(23)30(33)36)32(38)34(31(26)37)25-13-7-9-20-8-3-4-10-22(20)25/h3-18,26-28H,1-2H3/t26-,27+,28-/m1/s1. The highest BCUT2D eigenvalue weighted by Gasteiger charge is 2.74. The van der Waals surface area contributed by atoms with E-state index in [1.54, 1.807) is 36.4 Å². The van der Waals surface area contributed by atoms with Crippen molar-refractivity contribution in [2.24, 2.45) is 11.8 Å². The van der Waals surface area contributed by atoms with Gasteiger partial charge in [0.25, 0.3) is 0 Å². The summed E-state index contributed by atoms with van der Waals surface area (Å²) in [5.74, 6) is -4.16. The van der Waals surface area contributed by atoms with E-state index in [9.17, 15) is 19.2 Å². The molecule has 2 fully saturated rings. The number of amides is 2. The van der Waals surface area contributed by atoms with E-state index < -0.39 is 46.9 Å². The molecular formula is C33H25NO5. The quantitative estimate of drug-likeness (QED) is 0.260. The van der Waals surface area contributed by atoms with Gasteiger partial charge in [0.2, 0.25) is 29.0 Å². The fourth-order valence-corrected chi connectivity index (χ4v) is 6.53. The molecule has 2 aliphatic heterocycles. The molecule has 3 aliphatic rings. The molecule has 39 heavy (non-hydrogen) atoms. The second-order valence-corrected chi connectivity index (χ2v) is 10.8. The minimum Gasteiger partial charge on any atom is -0.349 e. The number of ketones is 2. The highest BCUT2D eigenvalue weighted by atomic mass is 16.5. The number of anilines is 1. The second-order valence-electron chi connectivity index (χ2n) is 10.8. The molecule has 4 aromatic rings. The summed E-state index contributed by atoms with van der Waals surface area (Å²) in [6.45, 7) is 4.17. The molecule has 2 heterocycles. The minimum absolute atomic E-state index is 0.223. The van der Waals surface area contributed by atoms with Crippen LogP contribution in [-0.4, -0.2) is 29.0 Å². The Balaban J connectivity index is 1.42. The number of benzene rings is 4. The van der Waals surface area contributed by atoms with Crippen molar-refractivity contribution in [1.82, 2.24) is 0 Å². The molecule has 0 aromatic heterocycles. The molecule has 0 N–H and O–H groups in total. The molecule has 3 atom stereocenters. The second kappa shape index (κ2) is 8.29. The maximum Gasteiger partial charge on any atom is 0.241 e. The van der Waals surface area contributed by atoms with E-state index in [-0.39, 0.29) is 11.1 Å². The lowest BCUT2D eigenvalue weighted by Crippen LogP contribution is -2.51. The first-order valence-corrected chi connectivity index (χ1v) is 13.2. The molecule has 1 aliphatic carbocycles. The van der Waals surface area contributed by atoms with Gasteiger partial charge in [0.1, 0.15) is 0 Å². The number of imide groups is 1. The SMILES string of the molecule is CC(C)c1ccc([C@H]2OC3(C(=O)c4ccccc4C3=O)[C@@H]3C(=O)N(c4cccc5ccccc45)C(=O)[C@@H]23)cc1. The third-order valence-electron chi connectivity index (χ3n) is 8.46. The Morgan fingerprint density at radius 3 is 2.00 bits per heavy atom. The van der Waals surface area contributed by atoms with Gasteiger partial charge in [-0.15, -0.1) is 0 Å². The summed E-state index contributed by atoms with van der Waals surface area (Å²) in [5, 5.41) is 1.61. The van der Waals surface area contributed by atoms with Crippen LogP contribution >= 0.6 is 0 Å². The van der Waals surface area contributed by atoms with Gasteiger partial charge in [-0.1, -0.05) is 98.8 Å². The summed E-state index contributed by atoms with van der Waals surface area (Å²) >= 11 is 0. The van der Waals surface area contributed by atoms with E-state index in [0.717, 1.165) is 16.3 Å². The van der Waals surface area contributed by atoms with Gasteiger partial charge < -0.3 is 4.74 Å². The van der Waals surface area contributed by atoms with Crippen LogP contribution < -0.4 is 4.90 Å². The number of carbonyl (C=O) groups is 4. The van der Waals surface area contributed by atoms with Crippen molar-refractivity contribution < 1.29 is 23.9 Å². The number of rotatable bonds is 3. The maximum absolute atomic E-state index is 14.3. The Bertz CT molecular complexity index is 1680. The largest absolute Gasteiger partial charge is 0.349 e. The fourth-order valence-electron chi connectivity index (χ4n) is 6.53. The summed E-state index contributed by atoms with van der Waals surface area (Å²) in [6.07, 6.45) is -0.935. The lowest BCUT2D eigenvalue weighted by molar-refractivity contribution is -0.127. The van der Waals surface area contributed by atoms with Crippen LogP contribution in [0.5, 0.6) is 0 Å². The van der Waals surface area contributed by atoms with Gasteiger partial charge in [-0.25, -0.2) is 4.90 Å². The number of ether oxygens (including phenoxy) is 1. The smallest absolute Gasteiger partial charge is 0.241 e. The molecular weight excluding hydrogens is 490 g/mol. The zero-order valence-electron chi connectivity index (χ0n) is 21.5. The Labute approximate surface area is 225 Å². The van der Waals surface area contributed by atoms with Crippen LogP contribution in [0.3, 0.4) is 0 Å². The van der Waals surface area contributed by atoms with Crippen LogP contribution in [0.15, 0.2) is 91.0 Å². The molecule has 4 aromatic carbocycles. The summed E-state index contributed by atoms with van der Waals surface area (Å²) in [7, 11) is 0. The van der Waals surface area contributed by atoms with Crippen LogP contribution in [0.25, 0.3) is 10.8 Å². The normalized spacial score (nSPS) is 23.4. The van der Waals surface area contributed by atoms with Crippen LogP contribution in [0.4, 0.5) is 5.69 Å². The van der Waals surface area contributed by atoms with Crippen molar-refractivity contribution >= 4 is 39.8 Å². The predicted octanol–water partition coefficient (Wildman–Crippen LogP) is 5.66. The third-order valence-corrected chi connectivity index (χ3v) is 8.46. The summed E-state index contributed by atoms with van der Waals surface area (Å²) in [5.41, 5.74) is 0.569. The van der Waals surface area contributed by atoms with Crippen molar-refractivity contribution in [3.05, 3.63) is 113 Å². The van der Waals surface area contributed by atoms with Gasteiger partial charge >= 0.3 is 0 Å². The van der Waals surface area contributed by atoms with Crippen molar-refractivity contribution in [2.75, 3.05) is 4.90 Å². The van der Waals surface area contributed by atoms with Gasteiger partial charge in [0.15, 0.2) is 0 Å². The lowest BCUT2D eigenvalue weighted by atomic mass is 9.77. The van der Waals surface area contributed by atoms with Crippen LogP contribution in [0.2, 0.25) is 0 Å². The molecule has 1 spiro atoms.